The topological polar surface area (TPSA) is 116 Å². The largest absolute Gasteiger partial charge is 0.497 e. The van der Waals surface area contributed by atoms with Gasteiger partial charge in [0.15, 0.2) is 0 Å². The van der Waals surface area contributed by atoms with Gasteiger partial charge in [0.25, 0.3) is 5.91 Å². The van der Waals surface area contributed by atoms with Crippen molar-refractivity contribution >= 4 is 21.8 Å². The maximum Gasteiger partial charge on any atom is 0.265 e. The highest BCUT2D eigenvalue weighted by Crippen LogP contribution is 2.24. The van der Waals surface area contributed by atoms with Gasteiger partial charge in [-0.25, -0.2) is 13.5 Å². The molecule has 29 heavy (non-hydrogen) atoms. The maximum absolute atomic E-state index is 13.1. The van der Waals surface area contributed by atoms with E-state index >= 15 is 0 Å². The Bertz CT molecular complexity index is 979. The molecule has 0 aliphatic carbocycles. The van der Waals surface area contributed by atoms with Gasteiger partial charge in [-0.1, -0.05) is 30.3 Å². The Morgan fingerprint density at radius 2 is 1.86 bits per heavy atom. The molecule has 0 saturated carbocycles. The first kappa shape index (κ1) is 20.8. The molecule has 2 amide bonds. The zero-order chi connectivity index (χ0) is 21.0. The van der Waals surface area contributed by atoms with E-state index in [0.717, 1.165) is 4.31 Å². The average Bonchev–Trinajstić information content (AvgIpc) is 2.73. The lowest BCUT2D eigenvalue weighted by atomic mass is 10.1. The number of hydrogen-bond donors (Lipinski definition) is 2. The summed E-state index contributed by atoms with van der Waals surface area (Å²) in [5.74, 6) is -0.869. The van der Waals surface area contributed by atoms with E-state index in [1.165, 1.54) is 31.4 Å². The summed E-state index contributed by atoms with van der Waals surface area (Å²) in [5, 5.41) is 13.1. The predicted octanol–water partition coefficient (Wildman–Crippen LogP) is 0.950. The van der Waals surface area contributed by atoms with Gasteiger partial charge < -0.3 is 10.1 Å². The van der Waals surface area contributed by atoms with Gasteiger partial charge in [-0.05, 0) is 29.8 Å². The fourth-order valence-corrected chi connectivity index (χ4v) is 4.46. The van der Waals surface area contributed by atoms with Crippen LogP contribution < -0.4 is 10.1 Å². The summed E-state index contributed by atoms with van der Waals surface area (Å²) in [4.78, 5) is 24.6. The number of sulfonamides is 1. The third kappa shape index (κ3) is 4.56. The Morgan fingerprint density at radius 1 is 1.21 bits per heavy atom. The first-order valence-electron chi connectivity index (χ1n) is 8.79. The fourth-order valence-electron chi connectivity index (χ4n) is 2.98. The second-order valence-electron chi connectivity index (χ2n) is 6.43. The molecular formula is C19H21N3O6S. The smallest absolute Gasteiger partial charge is 0.265 e. The number of nitrogens with one attached hydrogen (secondary N) is 1. The number of methoxy groups -OCH3 is 1. The number of hydrogen-bond acceptors (Lipinski definition) is 6. The quantitative estimate of drug-likeness (QED) is 0.532. The minimum atomic E-state index is -4.11. The van der Waals surface area contributed by atoms with E-state index < -0.39 is 27.9 Å². The third-order valence-corrected chi connectivity index (χ3v) is 6.41. The van der Waals surface area contributed by atoms with E-state index in [1.54, 1.807) is 30.3 Å². The molecule has 2 aromatic rings. The normalized spacial score (nSPS) is 17.4. The molecular weight excluding hydrogens is 398 g/mol. The van der Waals surface area contributed by atoms with E-state index in [1.807, 2.05) is 0 Å². The van der Waals surface area contributed by atoms with Crippen LogP contribution in [-0.4, -0.2) is 54.6 Å². The molecule has 1 unspecified atom stereocenters. The van der Waals surface area contributed by atoms with Gasteiger partial charge in [-0.15, -0.1) is 0 Å². The highest BCUT2D eigenvalue weighted by atomic mass is 32.2. The monoisotopic (exact) mass is 419 g/mol. The predicted molar refractivity (Wildman–Crippen MR) is 102 cm³/mol. The summed E-state index contributed by atoms with van der Waals surface area (Å²) in [5.41, 5.74) is 0.660. The molecule has 1 heterocycles. The van der Waals surface area contributed by atoms with Crippen LogP contribution in [0.2, 0.25) is 0 Å². The van der Waals surface area contributed by atoms with E-state index in [4.69, 9.17) is 4.74 Å². The molecule has 1 saturated heterocycles. The van der Waals surface area contributed by atoms with Crippen LogP contribution in [0.25, 0.3) is 0 Å². The molecule has 1 fully saturated rings. The zero-order valence-corrected chi connectivity index (χ0v) is 16.5. The SMILES string of the molecule is COc1ccc(S(=O)(=O)N2CNC(=O)CC2C(=O)N(O)Cc2ccccc2)cc1. The van der Waals surface area contributed by atoms with Crippen LogP contribution in [0.3, 0.4) is 0 Å². The minimum Gasteiger partial charge on any atom is -0.497 e. The second-order valence-corrected chi connectivity index (χ2v) is 8.32. The van der Waals surface area contributed by atoms with Crippen LogP contribution in [0.15, 0.2) is 59.5 Å². The highest BCUT2D eigenvalue weighted by Gasteiger charge is 2.42. The van der Waals surface area contributed by atoms with Gasteiger partial charge in [0.05, 0.1) is 31.6 Å². The van der Waals surface area contributed by atoms with Crippen LogP contribution in [-0.2, 0) is 26.2 Å². The Hall–Kier alpha value is -2.95. The number of amides is 2. The van der Waals surface area contributed by atoms with Crippen molar-refractivity contribution in [2.24, 2.45) is 0 Å². The molecule has 0 aromatic heterocycles. The maximum atomic E-state index is 13.1. The van der Waals surface area contributed by atoms with Gasteiger partial charge in [-0.3, -0.25) is 14.8 Å². The highest BCUT2D eigenvalue weighted by molar-refractivity contribution is 7.89. The molecule has 1 aliphatic rings. The van der Waals surface area contributed by atoms with Gasteiger partial charge in [0.2, 0.25) is 15.9 Å². The molecule has 2 aromatic carbocycles. The van der Waals surface area contributed by atoms with Gasteiger partial charge in [-0.2, -0.15) is 4.31 Å². The summed E-state index contributed by atoms with van der Waals surface area (Å²) >= 11 is 0. The van der Waals surface area contributed by atoms with E-state index in [9.17, 15) is 23.2 Å². The Balaban J connectivity index is 1.85. The molecule has 0 spiro atoms. The number of rotatable bonds is 6. The average molecular weight is 419 g/mol. The van der Waals surface area contributed by atoms with Gasteiger partial charge >= 0.3 is 0 Å². The number of carbonyl (C=O) groups excluding carboxylic acids is 2. The fraction of sp³-hybridized carbons (Fsp3) is 0.263. The molecule has 10 heteroatoms. The summed E-state index contributed by atoms with van der Waals surface area (Å²) in [6.45, 7) is -0.503. The Kier molecular flexibility index (Phi) is 6.16. The molecule has 2 N–H and O–H groups in total. The second kappa shape index (κ2) is 8.60. The molecule has 3 rings (SSSR count). The first-order valence-corrected chi connectivity index (χ1v) is 10.2. The van der Waals surface area contributed by atoms with Gasteiger partial charge in [0, 0.05) is 0 Å². The van der Waals surface area contributed by atoms with Crippen LogP contribution in [0, 0.1) is 0 Å². The standard InChI is InChI=1S/C19H21N3O6S/c1-28-15-7-9-16(10-8-15)29(26,27)22-13-20-18(23)11-17(22)19(24)21(25)12-14-5-3-2-4-6-14/h2-10,17,25H,11-13H2,1H3,(H,20,23). The van der Waals surface area contributed by atoms with E-state index in [2.05, 4.69) is 5.32 Å². The summed E-state index contributed by atoms with van der Waals surface area (Å²) in [6, 6.07) is 13.1. The van der Waals surface area contributed by atoms with Crippen LogP contribution in [0.1, 0.15) is 12.0 Å². The molecule has 0 bridgehead atoms. The van der Waals surface area contributed by atoms with E-state index in [-0.39, 0.29) is 24.5 Å². The van der Waals surface area contributed by atoms with Crippen molar-refractivity contribution in [3.8, 4) is 5.75 Å². The minimum absolute atomic E-state index is 0.0557. The van der Waals surface area contributed by atoms with Crippen molar-refractivity contribution in [3.63, 3.8) is 0 Å². The zero-order valence-electron chi connectivity index (χ0n) is 15.7. The molecule has 9 nitrogen and oxygen atoms in total. The van der Waals surface area contributed by atoms with Crippen molar-refractivity contribution in [1.29, 1.82) is 0 Å². The van der Waals surface area contributed by atoms with Crippen LogP contribution in [0.4, 0.5) is 0 Å². The van der Waals surface area contributed by atoms with Crippen LogP contribution >= 0.6 is 0 Å². The number of carbonyl (C=O) groups is 2. The van der Waals surface area contributed by atoms with Crippen molar-refractivity contribution in [1.82, 2.24) is 14.7 Å². The third-order valence-electron chi connectivity index (χ3n) is 4.54. The van der Waals surface area contributed by atoms with E-state index in [0.29, 0.717) is 16.4 Å². The Morgan fingerprint density at radius 3 is 2.48 bits per heavy atom. The van der Waals surface area contributed by atoms with Crippen LogP contribution in [0.5, 0.6) is 5.75 Å². The summed E-state index contributed by atoms with van der Waals surface area (Å²) in [7, 11) is -2.65. The van der Waals surface area contributed by atoms with Crippen molar-refractivity contribution in [3.05, 3.63) is 60.2 Å². The lowest BCUT2D eigenvalue weighted by molar-refractivity contribution is -0.174. The lowest BCUT2D eigenvalue weighted by Crippen LogP contribution is -2.58. The number of benzene rings is 2. The number of ether oxygens (including phenoxy) is 1. The number of hydroxylamine groups is 2. The molecule has 1 aliphatic heterocycles. The summed E-state index contributed by atoms with van der Waals surface area (Å²) in [6.07, 6.45) is -0.389. The Labute approximate surface area is 168 Å². The molecule has 0 radical (unpaired) electrons. The summed E-state index contributed by atoms with van der Waals surface area (Å²) < 4.78 is 32.1. The first-order chi connectivity index (χ1) is 13.8. The van der Waals surface area contributed by atoms with Gasteiger partial charge in [0.1, 0.15) is 11.8 Å². The van der Waals surface area contributed by atoms with Crippen molar-refractivity contribution in [2.45, 2.75) is 23.9 Å². The molecule has 1 atom stereocenters. The number of nitrogens with zero attached hydrogens (tertiary/aromatic N) is 2. The van der Waals surface area contributed by atoms with Crippen molar-refractivity contribution in [2.75, 3.05) is 13.8 Å². The van der Waals surface area contributed by atoms with Crippen molar-refractivity contribution < 1.29 is 28.0 Å². The molecule has 154 valence electrons. The lowest BCUT2D eigenvalue weighted by Gasteiger charge is -2.34.